The Balaban J connectivity index is 1.08. The molecule has 0 atom stereocenters. The Hall–Kier alpha value is -7.54. The summed E-state index contributed by atoms with van der Waals surface area (Å²) in [6, 6.07) is 77.3. The standard InChI is InChI=1S/C61H40/c1-61(2)59-51-32-15-9-26-45(51)53(36-55(59)58-46-27-10-7-23-42(46)43-24-8-16-33-52(43)60(58)61)37-19-17-20-39(34-37)56-47-28-11-13-30-49(47)57(50-31-14-12-29-48(50)56)54-35-38-18-3-4-21-40(38)41-22-5-6-25-44(41)54/h3-36H,1-2H3. The first-order chi connectivity index (χ1) is 30.1. The van der Waals surface area contributed by atoms with Crippen LogP contribution in [0.15, 0.2) is 206 Å². The first-order valence-corrected chi connectivity index (χ1v) is 21.5. The van der Waals surface area contributed by atoms with Crippen molar-refractivity contribution in [1.82, 2.24) is 0 Å². The molecule has 0 saturated carbocycles. The van der Waals surface area contributed by atoms with Crippen molar-refractivity contribution in [3.63, 3.8) is 0 Å². The van der Waals surface area contributed by atoms with Crippen LogP contribution in [0.4, 0.5) is 0 Å². The van der Waals surface area contributed by atoms with Gasteiger partial charge in [0.05, 0.1) is 0 Å². The van der Waals surface area contributed by atoms with Crippen molar-refractivity contribution >= 4 is 75.4 Å². The molecule has 0 unspecified atom stereocenters. The van der Waals surface area contributed by atoms with Crippen LogP contribution in [-0.2, 0) is 5.41 Å². The highest BCUT2D eigenvalue weighted by Gasteiger charge is 2.40. The molecule has 12 aromatic rings. The van der Waals surface area contributed by atoms with Crippen molar-refractivity contribution in [2.75, 3.05) is 0 Å². The first kappa shape index (κ1) is 34.3. The SMILES string of the molecule is CC1(C)c2c(cc(-c3cccc(-c4c5ccccc5c(-c5cc6ccccc6c6ccccc56)c5ccccc45)c3)c3ccccc23)-c2c1c1ccccc1c1ccccc21. The summed E-state index contributed by atoms with van der Waals surface area (Å²) in [5.41, 5.74) is 13.0. The summed E-state index contributed by atoms with van der Waals surface area (Å²) in [5.74, 6) is 0. The molecule has 0 saturated heterocycles. The minimum absolute atomic E-state index is 0.190. The van der Waals surface area contributed by atoms with Crippen LogP contribution < -0.4 is 0 Å². The van der Waals surface area contributed by atoms with Crippen LogP contribution >= 0.6 is 0 Å². The molecule has 0 aromatic heterocycles. The second-order valence-electron chi connectivity index (χ2n) is 17.5. The molecule has 0 spiro atoms. The van der Waals surface area contributed by atoms with Crippen molar-refractivity contribution in [2.45, 2.75) is 19.3 Å². The second-order valence-corrected chi connectivity index (χ2v) is 17.5. The van der Waals surface area contributed by atoms with E-state index in [0.717, 1.165) is 0 Å². The highest BCUT2D eigenvalue weighted by molar-refractivity contribution is 6.26. The molecule has 0 radical (unpaired) electrons. The monoisotopic (exact) mass is 772 g/mol. The third kappa shape index (κ3) is 4.76. The molecule has 1 aliphatic rings. The van der Waals surface area contributed by atoms with Crippen LogP contribution in [0.3, 0.4) is 0 Å². The summed E-state index contributed by atoms with van der Waals surface area (Å²) < 4.78 is 0. The Morgan fingerprint density at radius 3 is 1.26 bits per heavy atom. The topological polar surface area (TPSA) is 0 Å². The fourth-order valence-corrected chi connectivity index (χ4v) is 11.5. The van der Waals surface area contributed by atoms with Gasteiger partial charge in [-0.2, -0.15) is 0 Å². The first-order valence-electron chi connectivity index (χ1n) is 21.5. The van der Waals surface area contributed by atoms with E-state index in [0.29, 0.717) is 0 Å². The quantitative estimate of drug-likeness (QED) is 0.124. The van der Waals surface area contributed by atoms with Crippen molar-refractivity contribution in [1.29, 1.82) is 0 Å². The third-order valence-electron chi connectivity index (χ3n) is 13.9. The van der Waals surface area contributed by atoms with Crippen LogP contribution in [0.5, 0.6) is 0 Å². The molecule has 61 heavy (non-hydrogen) atoms. The number of hydrogen-bond donors (Lipinski definition) is 0. The van der Waals surface area contributed by atoms with E-state index in [1.165, 1.54) is 131 Å². The zero-order valence-electron chi connectivity index (χ0n) is 34.1. The molecule has 0 heteroatoms. The van der Waals surface area contributed by atoms with E-state index < -0.39 is 0 Å². The molecule has 0 nitrogen and oxygen atoms in total. The van der Waals surface area contributed by atoms with E-state index in [1.54, 1.807) is 0 Å². The molecule has 13 rings (SSSR count). The molecule has 12 aromatic carbocycles. The van der Waals surface area contributed by atoms with Gasteiger partial charge in [0.2, 0.25) is 0 Å². The van der Waals surface area contributed by atoms with Crippen LogP contribution in [0.25, 0.3) is 120 Å². The van der Waals surface area contributed by atoms with E-state index in [4.69, 9.17) is 0 Å². The highest BCUT2D eigenvalue weighted by atomic mass is 14.4. The van der Waals surface area contributed by atoms with Gasteiger partial charge in [-0.05, 0) is 149 Å². The van der Waals surface area contributed by atoms with Gasteiger partial charge >= 0.3 is 0 Å². The zero-order chi connectivity index (χ0) is 40.4. The summed E-state index contributed by atoms with van der Waals surface area (Å²) >= 11 is 0. The van der Waals surface area contributed by atoms with Gasteiger partial charge < -0.3 is 0 Å². The van der Waals surface area contributed by atoms with E-state index in [9.17, 15) is 0 Å². The predicted molar refractivity (Wildman–Crippen MR) is 263 cm³/mol. The number of hydrogen-bond acceptors (Lipinski definition) is 0. The third-order valence-corrected chi connectivity index (χ3v) is 13.9. The van der Waals surface area contributed by atoms with E-state index in [1.807, 2.05) is 0 Å². The minimum Gasteiger partial charge on any atom is -0.0616 e. The van der Waals surface area contributed by atoms with Gasteiger partial charge in [-0.25, -0.2) is 0 Å². The van der Waals surface area contributed by atoms with Crippen LogP contribution in [0.2, 0.25) is 0 Å². The van der Waals surface area contributed by atoms with E-state index >= 15 is 0 Å². The zero-order valence-corrected chi connectivity index (χ0v) is 34.1. The van der Waals surface area contributed by atoms with E-state index in [-0.39, 0.29) is 5.41 Å². The van der Waals surface area contributed by atoms with Crippen molar-refractivity contribution in [3.05, 3.63) is 217 Å². The van der Waals surface area contributed by atoms with Crippen molar-refractivity contribution in [2.24, 2.45) is 0 Å². The average molecular weight is 773 g/mol. The molecule has 1 aliphatic carbocycles. The lowest BCUT2D eigenvalue weighted by Gasteiger charge is -2.25. The highest BCUT2D eigenvalue weighted by Crippen LogP contribution is 2.58. The van der Waals surface area contributed by atoms with Gasteiger partial charge in [0.1, 0.15) is 0 Å². The van der Waals surface area contributed by atoms with Gasteiger partial charge in [0.15, 0.2) is 0 Å². The Morgan fingerprint density at radius 1 is 0.246 bits per heavy atom. The lowest BCUT2D eigenvalue weighted by Crippen LogP contribution is -2.16. The number of rotatable bonds is 3. The van der Waals surface area contributed by atoms with Crippen LogP contribution in [0.1, 0.15) is 25.0 Å². The second kappa shape index (κ2) is 12.7. The van der Waals surface area contributed by atoms with Crippen LogP contribution in [0, 0.1) is 0 Å². The number of benzene rings is 12. The smallest absolute Gasteiger partial charge is 0.0171 e. The minimum atomic E-state index is -0.190. The maximum atomic E-state index is 2.52. The predicted octanol–water partition coefficient (Wildman–Crippen LogP) is 17.1. The molecular weight excluding hydrogens is 733 g/mol. The lowest BCUT2D eigenvalue weighted by molar-refractivity contribution is 0.672. The van der Waals surface area contributed by atoms with Gasteiger partial charge in [-0.15, -0.1) is 0 Å². The molecule has 284 valence electrons. The maximum absolute atomic E-state index is 2.52. The fraction of sp³-hybridized carbons (Fsp3) is 0.0492. The summed E-state index contributed by atoms with van der Waals surface area (Å²) in [4.78, 5) is 0. The summed E-state index contributed by atoms with van der Waals surface area (Å²) in [6.07, 6.45) is 0. The molecule has 0 N–H and O–H groups in total. The summed E-state index contributed by atoms with van der Waals surface area (Å²) in [5, 5.41) is 18.1. The van der Waals surface area contributed by atoms with Gasteiger partial charge in [0, 0.05) is 5.41 Å². The Kier molecular flexibility index (Phi) is 7.17. The van der Waals surface area contributed by atoms with Crippen molar-refractivity contribution in [3.8, 4) is 44.5 Å². The molecule has 0 bridgehead atoms. The Labute approximate surface area is 355 Å². The molecule has 0 heterocycles. The Morgan fingerprint density at radius 2 is 0.656 bits per heavy atom. The summed E-state index contributed by atoms with van der Waals surface area (Å²) in [7, 11) is 0. The average Bonchev–Trinajstić information content (AvgIpc) is 3.57. The van der Waals surface area contributed by atoms with Gasteiger partial charge in [-0.1, -0.05) is 202 Å². The van der Waals surface area contributed by atoms with E-state index in [2.05, 4.69) is 220 Å². The molecule has 0 amide bonds. The Bertz CT molecular complexity index is 3790. The molecular formula is C61H40. The largest absolute Gasteiger partial charge is 0.0616 e. The number of fused-ring (bicyclic) bond motifs is 15. The molecule has 0 fully saturated rings. The molecule has 0 aliphatic heterocycles. The van der Waals surface area contributed by atoms with Gasteiger partial charge in [-0.3, -0.25) is 0 Å². The fourth-order valence-electron chi connectivity index (χ4n) is 11.5. The van der Waals surface area contributed by atoms with Gasteiger partial charge in [0.25, 0.3) is 0 Å². The van der Waals surface area contributed by atoms with Crippen LogP contribution in [-0.4, -0.2) is 0 Å². The summed E-state index contributed by atoms with van der Waals surface area (Å²) in [6.45, 7) is 4.87. The normalized spacial score (nSPS) is 13.2. The lowest BCUT2D eigenvalue weighted by atomic mass is 9.77. The maximum Gasteiger partial charge on any atom is 0.0171 e. The van der Waals surface area contributed by atoms with Crippen molar-refractivity contribution < 1.29 is 0 Å².